The average molecular weight is 191 g/mol. The van der Waals surface area contributed by atoms with Gasteiger partial charge in [-0.1, -0.05) is 0 Å². The summed E-state index contributed by atoms with van der Waals surface area (Å²) in [4.78, 5) is 11.2. The third-order valence-electron chi connectivity index (χ3n) is 1.53. The summed E-state index contributed by atoms with van der Waals surface area (Å²) < 4.78 is 4.88. The van der Waals surface area contributed by atoms with Crippen molar-refractivity contribution in [2.45, 2.75) is 19.4 Å². The molecule has 0 aromatic carbocycles. The molecule has 0 aliphatic carbocycles. The number of esters is 1. The minimum Gasteiger partial charge on any atom is -0.465 e. The zero-order chi connectivity index (χ0) is 9.40. The Kier molecular flexibility index (Phi) is 7.29. The highest BCUT2D eigenvalue weighted by Crippen LogP contribution is 2.01. The Bertz CT molecular complexity index is 130. The lowest BCUT2D eigenvalue weighted by molar-refractivity contribution is -0.145. The monoisotopic (exact) mass is 191 g/mol. The van der Waals surface area contributed by atoms with E-state index in [-0.39, 0.29) is 12.0 Å². The van der Waals surface area contributed by atoms with Crippen LogP contribution >= 0.6 is 11.8 Å². The van der Waals surface area contributed by atoms with Crippen LogP contribution in [0.1, 0.15) is 13.3 Å². The Labute approximate surface area is 78.2 Å². The number of rotatable bonds is 6. The molecule has 0 bridgehead atoms. The zero-order valence-corrected chi connectivity index (χ0v) is 8.74. The zero-order valence-electron chi connectivity index (χ0n) is 7.92. The first kappa shape index (κ1) is 11.8. The van der Waals surface area contributed by atoms with E-state index in [2.05, 4.69) is 5.32 Å². The number of ether oxygens (including phenoxy) is 1. The smallest absolute Gasteiger partial charge is 0.323 e. The molecule has 0 aromatic rings. The van der Waals surface area contributed by atoms with Crippen molar-refractivity contribution in [2.75, 3.05) is 25.7 Å². The van der Waals surface area contributed by atoms with Crippen LogP contribution in [0.15, 0.2) is 0 Å². The molecular formula is C8H17NO2S. The molecule has 3 nitrogen and oxygen atoms in total. The van der Waals surface area contributed by atoms with E-state index in [9.17, 15) is 4.79 Å². The van der Waals surface area contributed by atoms with Crippen LogP contribution < -0.4 is 5.32 Å². The van der Waals surface area contributed by atoms with Crippen LogP contribution in [0.25, 0.3) is 0 Å². The lowest BCUT2D eigenvalue weighted by Crippen LogP contribution is -2.36. The van der Waals surface area contributed by atoms with Gasteiger partial charge in [0.2, 0.25) is 0 Å². The van der Waals surface area contributed by atoms with E-state index < -0.39 is 0 Å². The molecule has 0 rings (SSSR count). The average Bonchev–Trinajstić information content (AvgIpc) is 2.06. The Hall–Kier alpha value is -0.220. The topological polar surface area (TPSA) is 38.3 Å². The maximum absolute atomic E-state index is 11.2. The highest BCUT2D eigenvalue weighted by molar-refractivity contribution is 7.98. The number of hydrogen-bond donors (Lipinski definition) is 1. The van der Waals surface area contributed by atoms with Crippen LogP contribution in [-0.2, 0) is 9.53 Å². The van der Waals surface area contributed by atoms with E-state index in [0.29, 0.717) is 6.61 Å². The van der Waals surface area contributed by atoms with Crippen molar-refractivity contribution in [1.82, 2.24) is 5.32 Å². The maximum atomic E-state index is 11.2. The van der Waals surface area contributed by atoms with Gasteiger partial charge in [0.1, 0.15) is 6.04 Å². The summed E-state index contributed by atoms with van der Waals surface area (Å²) >= 11 is 1.73. The van der Waals surface area contributed by atoms with Crippen molar-refractivity contribution in [3.8, 4) is 0 Å². The van der Waals surface area contributed by atoms with Crippen molar-refractivity contribution in [3.05, 3.63) is 0 Å². The lowest BCUT2D eigenvalue weighted by atomic mass is 10.2. The van der Waals surface area contributed by atoms with Gasteiger partial charge in [0, 0.05) is 0 Å². The largest absolute Gasteiger partial charge is 0.465 e. The predicted molar refractivity (Wildman–Crippen MR) is 52.5 cm³/mol. The van der Waals surface area contributed by atoms with Crippen LogP contribution in [0.4, 0.5) is 0 Å². The van der Waals surface area contributed by atoms with Gasteiger partial charge in [0.15, 0.2) is 0 Å². The Morgan fingerprint density at radius 3 is 2.75 bits per heavy atom. The fourth-order valence-electron chi connectivity index (χ4n) is 0.859. The summed E-state index contributed by atoms with van der Waals surface area (Å²) in [7, 11) is 1.78. The normalized spacial score (nSPS) is 12.6. The summed E-state index contributed by atoms with van der Waals surface area (Å²) in [5.74, 6) is 0.832. The second-order valence-corrected chi connectivity index (χ2v) is 3.36. The molecule has 0 aromatic heterocycles. The lowest BCUT2D eigenvalue weighted by Gasteiger charge is -2.13. The summed E-state index contributed by atoms with van der Waals surface area (Å²) in [5.41, 5.74) is 0. The first-order valence-electron chi connectivity index (χ1n) is 4.09. The van der Waals surface area contributed by atoms with E-state index in [4.69, 9.17) is 4.74 Å². The number of thioether (sulfide) groups is 1. The van der Waals surface area contributed by atoms with Gasteiger partial charge >= 0.3 is 5.97 Å². The molecule has 72 valence electrons. The fourth-order valence-corrected chi connectivity index (χ4v) is 1.33. The van der Waals surface area contributed by atoms with Gasteiger partial charge in [0.25, 0.3) is 0 Å². The maximum Gasteiger partial charge on any atom is 0.323 e. The number of carbonyl (C=O) groups is 1. The second-order valence-electron chi connectivity index (χ2n) is 2.37. The molecule has 0 radical (unpaired) electrons. The number of carbonyl (C=O) groups excluding carboxylic acids is 1. The SMILES string of the molecule is CCOC(=O)[C@H](CCSC)NC. The van der Waals surface area contributed by atoms with Crippen LogP contribution in [0.3, 0.4) is 0 Å². The van der Waals surface area contributed by atoms with E-state index in [1.165, 1.54) is 0 Å². The minimum absolute atomic E-state index is 0.141. The molecule has 0 fully saturated rings. The molecule has 0 aliphatic heterocycles. The molecule has 12 heavy (non-hydrogen) atoms. The van der Waals surface area contributed by atoms with Crippen LogP contribution in [0, 0.1) is 0 Å². The molecule has 0 saturated heterocycles. The van der Waals surface area contributed by atoms with Gasteiger partial charge in [-0.05, 0) is 32.4 Å². The summed E-state index contributed by atoms with van der Waals surface area (Å²) in [6.45, 7) is 2.27. The molecule has 0 aliphatic rings. The quantitative estimate of drug-likeness (QED) is 0.633. The summed E-state index contributed by atoms with van der Waals surface area (Å²) in [5, 5.41) is 2.93. The van der Waals surface area contributed by atoms with E-state index >= 15 is 0 Å². The molecule has 1 N–H and O–H groups in total. The first-order valence-corrected chi connectivity index (χ1v) is 5.48. The Morgan fingerprint density at radius 1 is 1.67 bits per heavy atom. The highest BCUT2D eigenvalue weighted by atomic mass is 32.2. The summed E-state index contributed by atoms with van der Waals surface area (Å²) in [6.07, 6.45) is 2.86. The van der Waals surface area contributed by atoms with Crippen LogP contribution in [-0.4, -0.2) is 37.7 Å². The van der Waals surface area contributed by atoms with Gasteiger partial charge in [-0.15, -0.1) is 0 Å². The molecule has 0 unspecified atom stereocenters. The van der Waals surface area contributed by atoms with Gasteiger partial charge in [-0.3, -0.25) is 4.79 Å². The van der Waals surface area contributed by atoms with Gasteiger partial charge in [-0.2, -0.15) is 11.8 Å². The molecule has 0 spiro atoms. The standard InChI is InChI=1S/C8H17NO2S/c1-4-11-8(10)7(9-2)5-6-12-3/h7,9H,4-6H2,1-3H3/t7-/m0/s1. The van der Waals surface area contributed by atoms with Gasteiger partial charge < -0.3 is 10.1 Å². The first-order chi connectivity index (χ1) is 5.76. The van der Waals surface area contributed by atoms with Crippen LogP contribution in [0.5, 0.6) is 0 Å². The second kappa shape index (κ2) is 7.43. The van der Waals surface area contributed by atoms with E-state index in [1.54, 1.807) is 18.8 Å². The van der Waals surface area contributed by atoms with Crippen molar-refractivity contribution < 1.29 is 9.53 Å². The molecular weight excluding hydrogens is 174 g/mol. The van der Waals surface area contributed by atoms with Crippen molar-refractivity contribution in [1.29, 1.82) is 0 Å². The van der Waals surface area contributed by atoms with E-state index in [0.717, 1.165) is 12.2 Å². The van der Waals surface area contributed by atoms with Crippen molar-refractivity contribution in [2.24, 2.45) is 0 Å². The Morgan fingerprint density at radius 2 is 2.33 bits per heavy atom. The number of likely N-dealkylation sites (N-methyl/N-ethyl adjacent to an activating group) is 1. The number of nitrogens with one attached hydrogen (secondary N) is 1. The Balaban J connectivity index is 3.71. The number of hydrogen-bond acceptors (Lipinski definition) is 4. The molecule has 1 atom stereocenters. The highest BCUT2D eigenvalue weighted by Gasteiger charge is 2.15. The third-order valence-corrected chi connectivity index (χ3v) is 2.17. The van der Waals surface area contributed by atoms with Crippen molar-refractivity contribution in [3.63, 3.8) is 0 Å². The van der Waals surface area contributed by atoms with Gasteiger partial charge in [-0.25, -0.2) is 0 Å². The van der Waals surface area contributed by atoms with Gasteiger partial charge in [0.05, 0.1) is 6.61 Å². The van der Waals surface area contributed by atoms with E-state index in [1.807, 2.05) is 13.2 Å². The van der Waals surface area contributed by atoms with Crippen LogP contribution in [0.2, 0.25) is 0 Å². The predicted octanol–water partition coefficient (Wildman–Crippen LogP) is 0.891. The molecule has 0 saturated carbocycles. The third kappa shape index (κ3) is 4.62. The summed E-state index contributed by atoms with van der Waals surface area (Å²) in [6, 6.07) is -0.141. The fraction of sp³-hybridized carbons (Fsp3) is 0.875. The molecule has 4 heteroatoms. The molecule has 0 heterocycles. The molecule has 0 amide bonds. The minimum atomic E-state index is -0.144. The van der Waals surface area contributed by atoms with Crippen molar-refractivity contribution >= 4 is 17.7 Å².